The number of carbonyl (C=O) groups excluding carboxylic acids is 1. The summed E-state index contributed by atoms with van der Waals surface area (Å²) in [4.78, 5) is 13.9. The van der Waals surface area contributed by atoms with Gasteiger partial charge in [0.1, 0.15) is 11.4 Å². The molecule has 0 atom stereocenters. The van der Waals surface area contributed by atoms with Crippen LogP contribution < -0.4 is 0 Å². The lowest BCUT2D eigenvalue weighted by Gasteiger charge is -2.39. The van der Waals surface area contributed by atoms with Gasteiger partial charge in [-0.2, -0.15) is 0 Å². The van der Waals surface area contributed by atoms with Crippen molar-refractivity contribution < 1.29 is 18.8 Å². The Morgan fingerprint density at radius 3 is 2.39 bits per heavy atom. The quantitative estimate of drug-likeness (QED) is 0.850. The zero-order valence-electron chi connectivity index (χ0n) is 15.1. The molecule has 0 aliphatic carbocycles. The van der Waals surface area contributed by atoms with Crippen LogP contribution in [0.4, 0.5) is 4.79 Å². The second-order valence-electron chi connectivity index (χ2n) is 7.51. The summed E-state index contributed by atoms with van der Waals surface area (Å²) in [5.41, 5.74) is 1.19. The Labute approximate surface area is 138 Å². The van der Waals surface area contributed by atoms with Crippen LogP contribution in [0.25, 0.3) is 0 Å². The van der Waals surface area contributed by atoms with E-state index in [0.717, 1.165) is 29.9 Å². The van der Waals surface area contributed by atoms with E-state index in [0.29, 0.717) is 19.7 Å². The van der Waals surface area contributed by atoms with Gasteiger partial charge in [0, 0.05) is 18.7 Å². The fraction of sp³-hybridized carbons (Fsp3) is 0.765. The van der Waals surface area contributed by atoms with E-state index in [1.165, 1.54) is 0 Å². The van der Waals surface area contributed by atoms with Gasteiger partial charge in [0.25, 0.3) is 0 Å². The van der Waals surface area contributed by atoms with Crippen LogP contribution in [-0.4, -0.2) is 40.4 Å². The Morgan fingerprint density at radius 1 is 1.30 bits per heavy atom. The maximum absolute atomic E-state index is 12.1. The minimum atomic E-state index is -0.461. The Bertz CT molecular complexity index is 532. The summed E-state index contributed by atoms with van der Waals surface area (Å²) in [6.45, 7) is 13.3. The molecule has 1 aliphatic heterocycles. The van der Waals surface area contributed by atoms with Crippen molar-refractivity contribution in [1.29, 1.82) is 0 Å². The average Bonchev–Trinajstić information content (AvgIpc) is 2.75. The predicted molar refractivity (Wildman–Crippen MR) is 86.2 cm³/mol. The number of hydrogen-bond donors (Lipinski definition) is 0. The standard InChI is InChI=1S/C17H28N2O4/c1-12-14(13(2)23-18-12)11-21-17(6)7-9-19(10-8-17)15(20)22-16(3,4)5/h7-11H2,1-6H3. The molecule has 1 aromatic rings. The Balaban J connectivity index is 1.86. The summed E-state index contributed by atoms with van der Waals surface area (Å²) in [5.74, 6) is 0.803. The molecule has 2 heterocycles. The van der Waals surface area contributed by atoms with Crippen LogP contribution in [0.3, 0.4) is 0 Å². The molecule has 6 nitrogen and oxygen atoms in total. The third-order valence-electron chi connectivity index (χ3n) is 4.22. The summed E-state index contributed by atoms with van der Waals surface area (Å²) in [7, 11) is 0. The summed E-state index contributed by atoms with van der Waals surface area (Å²) in [6.07, 6.45) is 1.33. The summed E-state index contributed by atoms with van der Waals surface area (Å²) in [5, 5.41) is 3.95. The topological polar surface area (TPSA) is 64.8 Å². The first kappa shape index (κ1) is 17.8. The van der Waals surface area contributed by atoms with Crippen LogP contribution >= 0.6 is 0 Å². The van der Waals surface area contributed by atoms with Crippen molar-refractivity contribution in [1.82, 2.24) is 10.1 Å². The molecule has 1 amide bonds. The predicted octanol–water partition coefficient (Wildman–Crippen LogP) is 3.60. The van der Waals surface area contributed by atoms with Gasteiger partial charge < -0.3 is 18.9 Å². The zero-order valence-corrected chi connectivity index (χ0v) is 15.1. The highest BCUT2D eigenvalue weighted by Gasteiger charge is 2.34. The SMILES string of the molecule is Cc1noc(C)c1COC1(C)CCN(C(=O)OC(C)(C)C)CC1. The molecule has 0 saturated carbocycles. The number of carbonyl (C=O) groups is 1. The normalized spacial score (nSPS) is 18.1. The molecule has 130 valence electrons. The lowest BCUT2D eigenvalue weighted by Crippen LogP contribution is -2.47. The highest BCUT2D eigenvalue weighted by Crippen LogP contribution is 2.29. The fourth-order valence-corrected chi connectivity index (χ4v) is 2.59. The number of nitrogens with zero attached hydrogens (tertiary/aromatic N) is 2. The molecule has 0 bridgehead atoms. The van der Waals surface area contributed by atoms with Gasteiger partial charge in [-0.1, -0.05) is 5.16 Å². The molecule has 0 aromatic carbocycles. The second-order valence-corrected chi connectivity index (χ2v) is 7.51. The van der Waals surface area contributed by atoms with Gasteiger partial charge in [-0.05, 0) is 54.4 Å². The van der Waals surface area contributed by atoms with E-state index in [1.807, 2.05) is 34.6 Å². The molecular formula is C17H28N2O4. The number of amides is 1. The monoisotopic (exact) mass is 324 g/mol. The molecular weight excluding hydrogens is 296 g/mol. The molecule has 6 heteroatoms. The van der Waals surface area contributed by atoms with E-state index < -0.39 is 5.60 Å². The van der Waals surface area contributed by atoms with Crippen molar-refractivity contribution >= 4 is 6.09 Å². The number of ether oxygens (including phenoxy) is 2. The third-order valence-corrected chi connectivity index (χ3v) is 4.22. The van der Waals surface area contributed by atoms with E-state index in [9.17, 15) is 4.79 Å². The van der Waals surface area contributed by atoms with Crippen LogP contribution in [0.1, 0.15) is 57.6 Å². The zero-order chi connectivity index (χ0) is 17.3. The molecule has 23 heavy (non-hydrogen) atoms. The highest BCUT2D eigenvalue weighted by atomic mass is 16.6. The van der Waals surface area contributed by atoms with E-state index in [-0.39, 0.29) is 11.7 Å². The largest absolute Gasteiger partial charge is 0.444 e. The fourth-order valence-electron chi connectivity index (χ4n) is 2.59. The average molecular weight is 324 g/mol. The molecule has 1 fully saturated rings. The van der Waals surface area contributed by atoms with Crippen LogP contribution in [0.5, 0.6) is 0 Å². The van der Waals surface area contributed by atoms with Crippen molar-refractivity contribution in [3.8, 4) is 0 Å². The third kappa shape index (κ3) is 4.70. The number of rotatable bonds is 3. The first-order chi connectivity index (χ1) is 10.6. The second kappa shape index (κ2) is 6.51. The lowest BCUT2D eigenvalue weighted by atomic mass is 9.93. The molecule has 0 radical (unpaired) electrons. The van der Waals surface area contributed by atoms with Crippen LogP contribution in [0.2, 0.25) is 0 Å². The number of likely N-dealkylation sites (tertiary alicyclic amines) is 1. The van der Waals surface area contributed by atoms with E-state index in [2.05, 4.69) is 12.1 Å². The van der Waals surface area contributed by atoms with Gasteiger partial charge in [-0.3, -0.25) is 0 Å². The maximum atomic E-state index is 12.1. The first-order valence-electron chi connectivity index (χ1n) is 8.13. The summed E-state index contributed by atoms with van der Waals surface area (Å²) < 4.78 is 16.7. The van der Waals surface area contributed by atoms with E-state index in [4.69, 9.17) is 14.0 Å². The van der Waals surface area contributed by atoms with Gasteiger partial charge in [0.2, 0.25) is 0 Å². The summed E-state index contributed by atoms with van der Waals surface area (Å²) >= 11 is 0. The molecule has 0 unspecified atom stereocenters. The lowest BCUT2D eigenvalue weighted by molar-refractivity contribution is -0.0815. The molecule has 1 aliphatic rings. The van der Waals surface area contributed by atoms with Crippen LogP contribution in [0.15, 0.2) is 4.52 Å². The van der Waals surface area contributed by atoms with Crippen molar-refractivity contribution in [2.24, 2.45) is 0 Å². The van der Waals surface area contributed by atoms with Gasteiger partial charge in [0.15, 0.2) is 0 Å². The number of piperidine rings is 1. The molecule has 0 N–H and O–H groups in total. The van der Waals surface area contributed by atoms with Gasteiger partial charge in [0.05, 0.1) is 17.9 Å². The van der Waals surface area contributed by atoms with Gasteiger partial charge in [-0.15, -0.1) is 0 Å². The highest BCUT2D eigenvalue weighted by molar-refractivity contribution is 5.68. The van der Waals surface area contributed by atoms with Crippen molar-refractivity contribution in [2.45, 2.75) is 72.2 Å². The van der Waals surface area contributed by atoms with Crippen LogP contribution in [-0.2, 0) is 16.1 Å². The van der Waals surface area contributed by atoms with Gasteiger partial charge in [-0.25, -0.2) is 4.79 Å². The number of aromatic nitrogens is 1. The number of hydrogen-bond acceptors (Lipinski definition) is 5. The number of aryl methyl sites for hydroxylation is 2. The van der Waals surface area contributed by atoms with Crippen LogP contribution in [0, 0.1) is 13.8 Å². The first-order valence-corrected chi connectivity index (χ1v) is 8.13. The Morgan fingerprint density at radius 2 is 1.91 bits per heavy atom. The van der Waals surface area contributed by atoms with E-state index >= 15 is 0 Å². The Kier molecular flexibility index (Phi) is 5.04. The minimum absolute atomic E-state index is 0.241. The maximum Gasteiger partial charge on any atom is 0.410 e. The molecule has 1 saturated heterocycles. The Hall–Kier alpha value is -1.56. The van der Waals surface area contributed by atoms with Crippen molar-refractivity contribution in [3.05, 3.63) is 17.0 Å². The van der Waals surface area contributed by atoms with Crippen molar-refractivity contribution in [3.63, 3.8) is 0 Å². The van der Waals surface area contributed by atoms with Crippen molar-refractivity contribution in [2.75, 3.05) is 13.1 Å². The molecule has 2 rings (SSSR count). The smallest absolute Gasteiger partial charge is 0.410 e. The van der Waals surface area contributed by atoms with E-state index in [1.54, 1.807) is 4.90 Å². The molecule has 0 spiro atoms. The molecule has 1 aromatic heterocycles. The van der Waals surface area contributed by atoms with Gasteiger partial charge >= 0.3 is 6.09 Å². The minimum Gasteiger partial charge on any atom is -0.444 e. The summed E-state index contributed by atoms with van der Waals surface area (Å²) in [6, 6.07) is 0.